The summed E-state index contributed by atoms with van der Waals surface area (Å²) >= 11 is 0. The number of nitrogens with one attached hydrogen (secondary N) is 4. The van der Waals surface area contributed by atoms with Gasteiger partial charge in [-0.1, -0.05) is 44.2 Å². The van der Waals surface area contributed by atoms with Gasteiger partial charge in [0.05, 0.1) is 6.04 Å². The summed E-state index contributed by atoms with van der Waals surface area (Å²) < 4.78 is 0. The molecular weight excluding hydrogens is 592 g/mol. The van der Waals surface area contributed by atoms with Crippen molar-refractivity contribution in [2.45, 2.75) is 70.1 Å². The van der Waals surface area contributed by atoms with E-state index in [-0.39, 0.29) is 49.9 Å². The number of aromatic amines is 1. The van der Waals surface area contributed by atoms with Crippen molar-refractivity contribution in [1.82, 2.24) is 20.9 Å². The molecule has 248 valence electrons. The Bertz CT molecular complexity index is 1520. The third-order valence-corrected chi connectivity index (χ3v) is 7.36. The number of guanidine groups is 1. The van der Waals surface area contributed by atoms with E-state index in [1.165, 1.54) is 12.1 Å². The maximum atomic E-state index is 13.6. The largest absolute Gasteiger partial charge is 0.508 e. The molecule has 14 nitrogen and oxygen atoms in total. The van der Waals surface area contributed by atoms with E-state index in [9.17, 15) is 29.4 Å². The Morgan fingerprint density at radius 2 is 1.50 bits per heavy atom. The number of amides is 3. The van der Waals surface area contributed by atoms with Crippen LogP contribution in [0.15, 0.2) is 59.7 Å². The molecule has 12 N–H and O–H groups in total. The number of phenols is 1. The Hall–Kier alpha value is -5.11. The highest BCUT2D eigenvalue weighted by atomic mass is 16.4. The van der Waals surface area contributed by atoms with E-state index < -0.39 is 47.9 Å². The number of rotatable bonds is 17. The number of carboxylic acid groups (broad SMARTS) is 1. The van der Waals surface area contributed by atoms with Crippen molar-refractivity contribution in [3.63, 3.8) is 0 Å². The van der Waals surface area contributed by atoms with Crippen LogP contribution in [0.3, 0.4) is 0 Å². The predicted molar refractivity (Wildman–Crippen MR) is 175 cm³/mol. The Morgan fingerprint density at radius 3 is 2.15 bits per heavy atom. The van der Waals surface area contributed by atoms with Gasteiger partial charge in [0.25, 0.3) is 0 Å². The number of carbonyl (C=O) groups is 4. The highest BCUT2D eigenvalue weighted by molar-refractivity contribution is 5.94. The van der Waals surface area contributed by atoms with Crippen molar-refractivity contribution in [3.05, 3.63) is 65.9 Å². The summed E-state index contributed by atoms with van der Waals surface area (Å²) in [6.45, 7) is 3.95. The molecular formula is C32H44N8O6. The number of hydrogen-bond acceptors (Lipinski definition) is 7. The van der Waals surface area contributed by atoms with Crippen LogP contribution in [-0.2, 0) is 32.0 Å². The lowest BCUT2D eigenvalue weighted by Gasteiger charge is -2.26. The zero-order chi connectivity index (χ0) is 33.8. The predicted octanol–water partition coefficient (Wildman–Crippen LogP) is 0.625. The number of carbonyl (C=O) groups excluding carboxylic acids is 3. The van der Waals surface area contributed by atoms with Gasteiger partial charge in [0.1, 0.15) is 23.9 Å². The molecule has 0 radical (unpaired) electrons. The standard InChI is InChI=1S/C32H44N8O6/c1-18(2)14-26(39-28(42)23(33)16-20-17-37-24-7-4-3-6-22(20)24)30(44)38-25(8-5-13-36-32(34)35)29(43)40-27(31(45)46)15-19-9-11-21(41)12-10-19/h3-4,6-7,9-12,17-18,23,25-27,37,41H,5,8,13-16,33H2,1-2H3,(H,38,44)(H,39,42)(H,40,43)(H,45,46)(H4,34,35,36). The molecule has 1 heterocycles. The van der Waals surface area contributed by atoms with Crippen molar-refractivity contribution >= 4 is 40.6 Å². The molecule has 4 atom stereocenters. The number of aromatic hydroxyl groups is 1. The van der Waals surface area contributed by atoms with Gasteiger partial charge in [0, 0.05) is 30.1 Å². The quantitative estimate of drug-likeness (QED) is 0.0571. The van der Waals surface area contributed by atoms with Crippen LogP contribution >= 0.6 is 0 Å². The third kappa shape index (κ3) is 10.8. The topological polar surface area (TPSA) is 251 Å². The molecule has 3 aromatic rings. The molecule has 46 heavy (non-hydrogen) atoms. The van der Waals surface area contributed by atoms with Crippen molar-refractivity contribution in [1.29, 1.82) is 0 Å². The maximum absolute atomic E-state index is 13.6. The van der Waals surface area contributed by atoms with Crippen LogP contribution < -0.4 is 33.2 Å². The SMILES string of the molecule is CC(C)CC(NC(=O)C(N)Cc1c[nH]c2ccccc12)C(=O)NC(CCCN=C(N)N)C(=O)NC(Cc1ccc(O)cc1)C(=O)O. The minimum absolute atomic E-state index is 0.00302. The molecule has 0 spiro atoms. The van der Waals surface area contributed by atoms with Crippen molar-refractivity contribution in [2.24, 2.45) is 28.1 Å². The fraction of sp³-hybridized carbons (Fsp3) is 0.406. The number of carboxylic acids is 1. The summed E-state index contributed by atoms with van der Waals surface area (Å²) in [6.07, 6.45) is 2.62. The number of nitrogens with two attached hydrogens (primary N) is 3. The maximum Gasteiger partial charge on any atom is 0.326 e. The summed E-state index contributed by atoms with van der Waals surface area (Å²) in [6, 6.07) is 9.14. The number of aliphatic imine (C=N–C) groups is 1. The van der Waals surface area contributed by atoms with E-state index >= 15 is 0 Å². The van der Waals surface area contributed by atoms with Gasteiger partial charge in [-0.3, -0.25) is 19.4 Å². The lowest BCUT2D eigenvalue weighted by Crippen LogP contribution is -2.57. The molecule has 3 rings (SSSR count). The lowest BCUT2D eigenvalue weighted by molar-refractivity contribution is -0.142. The molecule has 0 saturated carbocycles. The monoisotopic (exact) mass is 636 g/mol. The van der Waals surface area contributed by atoms with Gasteiger partial charge < -0.3 is 48.3 Å². The first-order valence-corrected chi connectivity index (χ1v) is 15.1. The van der Waals surface area contributed by atoms with Gasteiger partial charge in [0.2, 0.25) is 17.7 Å². The highest BCUT2D eigenvalue weighted by Crippen LogP contribution is 2.19. The smallest absolute Gasteiger partial charge is 0.326 e. The first-order chi connectivity index (χ1) is 21.8. The fourth-order valence-corrected chi connectivity index (χ4v) is 5.00. The lowest BCUT2D eigenvalue weighted by atomic mass is 10.00. The van der Waals surface area contributed by atoms with Crippen LogP contribution in [0.5, 0.6) is 5.75 Å². The number of phenolic OH excluding ortho intramolecular Hbond substituents is 1. The number of nitrogens with zero attached hydrogens (tertiary/aromatic N) is 1. The van der Waals surface area contributed by atoms with Gasteiger partial charge in [0.15, 0.2) is 5.96 Å². The zero-order valence-corrected chi connectivity index (χ0v) is 26.0. The Morgan fingerprint density at radius 1 is 0.870 bits per heavy atom. The molecule has 0 aliphatic rings. The molecule has 0 saturated heterocycles. The van der Waals surface area contributed by atoms with Crippen molar-refractivity contribution < 1.29 is 29.4 Å². The molecule has 14 heteroatoms. The first-order valence-electron chi connectivity index (χ1n) is 15.1. The number of hydrogen-bond donors (Lipinski definition) is 9. The summed E-state index contributed by atoms with van der Waals surface area (Å²) in [4.78, 5) is 59.2. The van der Waals surface area contributed by atoms with E-state index in [1.54, 1.807) is 18.3 Å². The average molecular weight is 637 g/mol. The number of para-hydroxylation sites is 1. The van der Waals surface area contributed by atoms with Crippen LogP contribution in [0.25, 0.3) is 10.9 Å². The van der Waals surface area contributed by atoms with Gasteiger partial charge in [-0.15, -0.1) is 0 Å². The number of H-pyrrole nitrogens is 1. The number of fused-ring (bicyclic) bond motifs is 1. The second kappa shape index (κ2) is 16.8. The Labute approximate surface area is 267 Å². The van der Waals surface area contributed by atoms with Gasteiger partial charge in [-0.05, 0) is 60.9 Å². The number of aromatic nitrogens is 1. The minimum Gasteiger partial charge on any atom is -0.508 e. The van der Waals surface area contributed by atoms with Crippen LogP contribution in [0.4, 0.5) is 0 Å². The summed E-state index contributed by atoms with van der Waals surface area (Å²) in [7, 11) is 0. The molecule has 4 unspecified atom stereocenters. The molecule has 0 aliphatic carbocycles. The van der Waals surface area contributed by atoms with Crippen LogP contribution in [0, 0.1) is 5.92 Å². The van der Waals surface area contributed by atoms with E-state index in [2.05, 4.69) is 25.9 Å². The summed E-state index contributed by atoms with van der Waals surface area (Å²) in [5, 5.41) is 28.2. The van der Waals surface area contributed by atoms with Gasteiger partial charge >= 0.3 is 5.97 Å². The molecule has 0 fully saturated rings. The molecule has 0 aliphatic heterocycles. The average Bonchev–Trinajstić information content (AvgIpc) is 3.40. The van der Waals surface area contributed by atoms with Gasteiger partial charge in [-0.25, -0.2) is 4.79 Å². The summed E-state index contributed by atoms with van der Waals surface area (Å²) in [5.41, 5.74) is 19.4. The van der Waals surface area contributed by atoms with Crippen molar-refractivity contribution in [2.75, 3.05) is 6.54 Å². The normalized spacial score (nSPS) is 13.7. The highest BCUT2D eigenvalue weighted by Gasteiger charge is 2.31. The summed E-state index contributed by atoms with van der Waals surface area (Å²) in [5.74, 6) is -3.26. The van der Waals surface area contributed by atoms with E-state index in [0.717, 1.165) is 16.5 Å². The number of benzene rings is 2. The molecule has 1 aromatic heterocycles. The molecule has 2 aromatic carbocycles. The van der Waals surface area contributed by atoms with Crippen LogP contribution in [-0.4, -0.2) is 75.6 Å². The Balaban J connectivity index is 1.73. The number of aliphatic carboxylic acids is 1. The van der Waals surface area contributed by atoms with E-state index in [4.69, 9.17) is 17.2 Å². The zero-order valence-electron chi connectivity index (χ0n) is 26.0. The first kappa shape index (κ1) is 35.4. The Kier molecular flexibility index (Phi) is 12.9. The molecule has 3 amide bonds. The third-order valence-electron chi connectivity index (χ3n) is 7.36. The van der Waals surface area contributed by atoms with Crippen LogP contribution in [0.1, 0.15) is 44.2 Å². The van der Waals surface area contributed by atoms with E-state index in [1.807, 2.05) is 38.1 Å². The fourth-order valence-electron chi connectivity index (χ4n) is 5.00. The van der Waals surface area contributed by atoms with Crippen LogP contribution in [0.2, 0.25) is 0 Å². The van der Waals surface area contributed by atoms with E-state index in [0.29, 0.717) is 12.0 Å². The second-order valence-electron chi connectivity index (χ2n) is 11.6. The van der Waals surface area contributed by atoms with Crippen molar-refractivity contribution in [3.8, 4) is 5.75 Å². The molecule has 0 bridgehead atoms. The van der Waals surface area contributed by atoms with Gasteiger partial charge in [-0.2, -0.15) is 0 Å². The minimum atomic E-state index is -1.32. The second-order valence-corrected chi connectivity index (χ2v) is 11.6.